The first kappa shape index (κ1) is 12.0. The van der Waals surface area contributed by atoms with E-state index >= 15 is 0 Å². The van der Waals surface area contributed by atoms with Gasteiger partial charge < -0.3 is 15.4 Å². The first-order chi connectivity index (χ1) is 7.07. The normalized spacial score (nSPS) is 19.8. The SMILES string of the molecule is C#CCNC(=O)C(C)NCC1(C)COC1. The van der Waals surface area contributed by atoms with Gasteiger partial charge in [0.1, 0.15) is 0 Å². The maximum atomic E-state index is 11.4. The molecule has 0 aliphatic carbocycles. The Morgan fingerprint density at radius 3 is 2.80 bits per heavy atom. The lowest BCUT2D eigenvalue weighted by molar-refractivity contribution is -0.124. The van der Waals surface area contributed by atoms with Crippen molar-refractivity contribution >= 4 is 5.91 Å². The molecular formula is C11H18N2O2. The molecule has 0 aromatic heterocycles. The minimum Gasteiger partial charge on any atom is -0.380 e. The van der Waals surface area contributed by atoms with Crippen molar-refractivity contribution in [3.05, 3.63) is 0 Å². The quantitative estimate of drug-likeness (QED) is 0.615. The highest BCUT2D eigenvalue weighted by Gasteiger charge is 2.33. The molecule has 1 aliphatic heterocycles. The number of carbonyl (C=O) groups excluding carboxylic acids is 1. The fourth-order valence-corrected chi connectivity index (χ4v) is 1.34. The van der Waals surface area contributed by atoms with Crippen molar-refractivity contribution < 1.29 is 9.53 Å². The molecule has 4 nitrogen and oxygen atoms in total. The van der Waals surface area contributed by atoms with Crippen LogP contribution in [-0.4, -0.2) is 38.3 Å². The highest BCUT2D eigenvalue weighted by molar-refractivity contribution is 5.81. The van der Waals surface area contributed by atoms with Crippen LogP contribution in [0.3, 0.4) is 0 Å². The van der Waals surface area contributed by atoms with Gasteiger partial charge in [0.15, 0.2) is 0 Å². The van der Waals surface area contributed by atoms with Crippen molar-refractivity contribution in [3.63, 3.8) is 0 Å². The van der Waals surface area contributed by atoms with Crippen LogP contribution in [-0.2, 0) is 9.53 Å². The number of rotatable bonds is 5. The monoisotopic (exact) mass is 210 g/mol. The van der Waals surface area contributed by atoms with E-state index in [2.05, 4.69) is 23.5 Å². The third kappa shape index (κ3) is 3.54. The molecule has 1 unspecified atom stereocenters. The largest absolute Gasteiger partial charge is 0.380 e. The van der Waals surface area contributed by atoms with Gasteiger partial charge in [0.05, 0.1) is 25.8 Å². The standard InChI is InChI=1S/C11H18N2O2/c1-4-5-12-10(14)9(2)13-6-11(3)7-15-8-11/h1,9,13H,5-8H2,2-3H3,(H,12,14). The molecule has 1 atom stereocenters. The van der Waals surface area contributed by atoms with Crippen molar-refractivity contribution in [3.8, 4) is 12.3 Å². The van der Waals surface area contributed by atoms with Gasteiger partial charge in [-0.2, -0.15) is 0 Å². The summed E-state index contributed by atoms with van der Waals surface area (Å²) < 4.78 is 5.13. The molecule has 1 saturated heterocycles. The highest BCUT2D eigenvalue weighted by Crippen LogP contribution is 2.25. The Bertz CT molecular complexity index is 266. The predicted octanol–water partition coefficient (Wildman–Crippen LogP) is -0.250. The van der Waals surface area contributed by atoms with E-state index < -0.39 is 0 Å². The van der Waals surface area contributed by atoms with Gasteiger partial charge in [-0.25, -0.2) is 0 Å². The third-order valence-electron chi connectivity index (χ3n) is 2.49. The highest BCUT2D eigenvalue weighted by atomic mass is 16.5. The number of nitrogens with one attached hydrogen (secondary N) is 2. The third-order valence-corrected chi connectivity index (χ3v) is 2.49. The minimum absolute atomic E-state index is 0.0585. The summed E-state index contributed by atoms with van der Waals surface area (Å²) >= 11 is 0. The Kier molecular flexibility index (Phi) is 4.13. The van der Waals surface area contributed by atoms with Gasteiger partial charge in [-0.15, -0.1) is 6.42 Å². The van der Waals surface area contributed by atoms with Crippen LogP contribution in [0.25, 0.3) is 0 Å². The van der Waals surface area contributed by atoms with Gasteiger partial charge in [0, 0.05) is 12.0 Å². The van der Waals surface area contributed by atoms with E-state index in [4.69, 9.17) is 11.2 Å². The first-order valence-electron chi connectivity index (χ1n) is 5.10. The van der Waals surface area contributed by atoms with Crippen LogP contribution >= 0.6 is 0 Å². The Morgan fingerprint density at radius 2 is 2.33 bits per heavy atom. The van der Waals surface area contributed by atoms with Crippen LogP contribution in [0.4, 0.5) is 0 Å². The predicted molar refractivity (Wildman–Crippen MR) is 58.2 cm³/mol. The van der Waals surface area contributed by atoms with Crippen LogP contribution in [0.15, 0.2) is 0 Å². The van der Waals surface area contributed by atoms with Gasteiger partial charge in [-0.05, 0) is 6.92 Å². The van der Waals surface area contributed by atoms with Gasteiger partial charge >= 0.3 is 0 Å². The summed E-state index contributed by atoms with van der Waals surface area (Å²) in [7, 11) is 0. The molecule has 0 bridgehead atoms. The van der Waals surface area contributed by atoms with Crippen LogP contribution in [0.2, 0.25) is 0 Å². The molecule has 1 amide bonds. The van der Waals surface area contributed by atoms with Crippen molar-refractivity contribution in [2.75, 3.05) is 26.3 Å². The molecule has 0 radical (unpaired) electrons. The minimum atomic E-state index is -0.212. The second kappa shape index (κ2) is 5.15. The second-order valence-electron chi connectivity index (χ2n) is 4.33. The lowest BCUT2D eigenvalue weighted by Crippen LogP contribution is -2.52. The second-order valence-corrected chi connectivity index (χ2v) is 4.33. The molecule has 0 spiro atoms. The molecular weight excluding hydrogens is 192 g/mol. The van der Waals surface area contributed by atoms with E-state index in [9.17, 15) is 4.79 Å². The molecule has 2 N–H and O–H groups in total. The topological polar surface area (TPSA) is 50.4 Å². The zero-order chi connectivity index (χ0) is 11.3. The van der Waals surface area contributed by atoms with Crippen LogP contribution in [0, 0.1) is 17.8 Å². The molecule has 0 aromatic carbocycles. The van der Waals surface area contributed by atoms with Crippen LogP contribution < -0.4 is 10.6 Å². The summed E-state index contributed by atoms with van der Waals surface area (Å²) in [4.78, 5) is 11.4. The van der Waals surface area contributed by atoms with Gasteiger partial charge in [0.2, 0.25) is 5.91 Å². The molecule has 0 saturated carbocycles. The van der Waals surface area contributed by atoms with E-state index in [-0.39, 0.29) is 23.9 Å². The van der Waals surface area contributed by atoms with Crippen LogP contribution in [0.5, 0.6) is 0 Å². The molecule has 1 aliphatic rings. The first-order valence-corrected chi connectivity index (χ1v) is 5.10. The number of hydrogen-bond donors (Lipinski definition) is 2. The van der Waals surface area contributed by atoms with Gasteiger partial charge in [-0.1, -0.05) is 12.8 Å². The number of hydrogen-bond acceptors (Lipinski definition) is 3. The Balaban J connectivity index is 2.20. The number of amides is 1. The summed E-state index contributed by atoms with van der Waals surface area (Å²) in [6.07, 6.45) is 5.05. The molecule has 84 valence electrons. The Labute approximate surface area is 90.8 Å². The Hall–Kier alpha value is -1.05. The van der Waals surface area contributed by atoms with Gasteiger partial charge in [-0.3, -0.25) is 4.79 Å². The van der Waals surface area contributed by atoms with E-state index in [0.717, 1.165) is 19.8 Å². The lowest BCUT2D eigenvalue weighted by atomic mass is 9.88. The van der Waals surface area contributed by atoms with E-state index in [1.54, 1.807) is 0 Å². The fraction of sp³-hybridized carbons (Fsp3) is 0.727. The molecule has 1 heterocycles. The van der Waals surface area contributed by atoms with Crippen molar-refractivity contribution in [1.29, 1.82) is 0 Å². The lowest BCUT2D eigenvalue weighted by Gasteiger charge is -2.38. The number of carbonyl (C=O) groups is 1. The zero-order valence-corrected chi connectivity index (χ0v) is 9.30. The fourth-order valence-electron chi connectivity index (χ4n) is 1.34. The average Bonchev–Trinajstić information content (AvgIpc) is 2.19. The maximum absolute atomic E-state index is 11.4. The summed E-state index contributed by atoms with van der Waals surface area (Å²) in [5, 5.41) is 5.81. The van der Waals surface area contributed by atoms with Crippen molar-refractivity contribution in [1.82, 2.24) is 10.6 Å². The van der Waals surface area contributed by atoms with Gasteiger partial charge in [0.25, 0.3) is 0 Å². The van der Waals surface area contributed by atoms with Crippen molar-refractivity contribution in [2.24, 2.45) is 5.41 Å². The number of terminal acetylenes is 1. The van der Waals surface area contributed by atoms with E-state index in [0.29, 0.717) is 0 Å². The van der Waals surface area contributed by atoms with Crippen molar-refractivity contribution in [2.45, 2.75) is 19.9 Å². The summed E-state index contributed by atoms with van der Waals surface area (Å²) in [6.45, 7) is 6.56. The molecule has 15 heavy (non-hydrogen) atoms. The molecule has 1 fully saturated rings. The summed E-state index contributed by atoms with van der Waals surface area (Å²) in [5.41, 5.74) is 0.181. The van der Waals surface area contributed by atoms with E-state index in [1.165, 1.54) is 0 Å². The molecule has 1 rings (SSSR count). The molecule has 0 aromatic rings. The van der Waals surface area contributed by atoms with Crippen LogP contribution in [0.1, 0.15) is 13.8 Å². The zero-order valence-electron chi connectivity index (χ0n) is 9.30. The smallest absolute Gasteiger partial charge is 0.237 e. The summed E-state index contributed by atoms with van der Waals surface area (Å²) in [6, 6.07) is -0.212. The molecule has 4 heteroatoms. The van der Waals surface area contributed by atoms with E-state index in [1.807, 2.05) is 6.92 Å². The average molecular weight is 210 g/mol. The number of ether oxygens (including phenoxy) is 1. The summed E-state index contributed by atoms with van der Waals surface area (Å²) in [5.74, 6) is 2.31. The maximum Gasteiger partial charge on any atom is 0.237 e. The Morgan fingerprint density at radius 1 is 1.67 bits per heavy atom.